The molecule has 4 aromatic carbocycles. The Labute approximate surface area is 266 Å². The Morgan fingerprint density at radius 2 is 1.26 bits per heavy atom. The van der Waals surface area contributed by atoms with Gasteiger partial charge in [0.05, 0.1) is 28.1 Å². The van der Waals surface area contributed by atoms with Gasteiger partial charge in [-0.1, -0.05) is 77.8 Å². The number of halogens is 4. The summed E-state index contributed by atoms with van der Waals surface area (Å²) in [5.74, 6) is -4.34. The number of carbonyl (C=O) groups is 4. The van der Waals surface area contributed by atoms with Crippen molar-refractivity contribution < 1.29 is 23.9 Å². The fraction of sp³-hybridized carbons (Fsp3) is 0.152. The van der Waals surface area contributed by atoms with Crippen LogP contribution in [0.5, 0.6) is 0 Å². The van der Waals surface area contributed by atoms with Crippen LogP contribution in [0.3, 0.4) is 0 Å². The highest BCUT2D eigenvalue weighted by atomic mass is 35.5. The third-order valence-electron chi connectivity index (χ3n) is 8.49. The smallest absolute Gasteiger partial charge is 0.338 e. The maximum atomic E-state index is 14.2. The zero-order valence-corrected chi connectivity index (χ0v) is 25.0. The average molecular weight is 651 g/mol. The van der Waals surface area contributed by atoms with Crippen LogP contribution in [-0.2, 0) is 24.1 Å². The molecule has 4 aromatic rings. The molecule has 2 amide bonds. The number of benzene rings is 4. The van der Waals surface area contributed by atoms with Gasteiger partial charge in [-0.05, 0) is 58.7 Å². The first-order valence-corrected chi connectivity index (χ1v) is 14.8. The van der Waals surface area contributed by atoms with Crippen molar-refractivity contribution >= 4 is 75.7 Å². The summed E-state index contributed by atoms with van der Waals surface area (Å²) in [5.41, 5.74) is 3.13. The molecular weight excluding hydrogens is 632 g/mol. The molecule has 2 atom stereocenters. The van der Waals surface area contributed by atoms with E-state index in [1.54, 1.807) is 6.07 Å². The normalized spacial score (nSPS) is 24.8. The molecule has 0 aromatic heterocycles. The Balaban J connectivity index is 1.22. The van der Waals surface area contributed by atoms with Gasteiger partial charge < -0.3 is 4.74 Å². The van der Waals surface area contributed by atoms with E-state index in [0.717, 1.165) is 4.90 Å². The fourth-order valence-corrected chi connectivity index (χ4v) is 8.31. The van der Waals surface area contributed by atoms with Gasteiger partial charge in [-0.15, -0.1) is 23.2 Å². The lowest BCUT2D eigenvalue weighted by molar-refractivity contribution is -0.122. The fourth-order valence-electron chi connectivity index (χ4n) is 6.70. The van der Waals surface area contributed by atoms with Crippen LogP contribution in [0.1, 0.15) is 43.0 Å². The third kappa shape index (κ3) is 3.87. The second kappa shape index (κ2) is 9.93. The van der Waals surface area contributed by atoms with E-state index in [4.69, 9.17) is 51.1 Å². The molecule has 8 rings (SSSR count). The number of carbonyl (C=O) groups excluding carboxylic acids is 4. The quantitative estimate of drug-likeness (QED) is 0.0994. The van der Waals surface area contributed by atoms with Gasteiger partial charge in [0.25, 0.3) is 0 Å². The molecule has 4 aliphatic rings. The van der Waals surface area contributed by atoms with E-state index in [9.17, 15) is 19.2 Å². The molecule has 0 saturated carbocycles. The van der Waals surface area contributed by atoms with Gasteiger partial charge in [-0.2, -0.15) is 0 Å². The largest absolute Gasteiger partial charge is 0.454 e. The first-order chi connectivity index (χ1) is 20.6. The summed E-state index contributed by atoms with van der Waals surface area (Å²) < 4.78 is 5.25. The second-order valence-corrected chi connectivity index (χ2v) is 12.7. The van der Waals surface area contributed by atoms with Crippen molar-refractivity contribution in [3.63, 3.8) is 0 Å². The van der Waals surface area contributed by atoms with Gasteiger partial charge in [0.15, 0.2) is 6.61 Å². The molecule has 0 N–H and O–H groups in total. The van der Waals surface area contributed by atoms with Gasteiger partial charge in [0.1, 0.15) is 9.75 Å². The average Bonchev–Trinajstić information content (AvgIpc) is 3.29. The molecule has 10 heteroatoms. The minimum atomic E-state index is -1.32. The minimum Gasteiger partial charge on any atom is -0.454 e. The third-order valence-corrected chi connectivity index (χ3v) is 10.3. The van der Waals surface area contributed by atoms with Gasteiger partial charge in [-0.3, -0.25) is 14.4 Å². The number of ketones is 1. The van der Waals surface area contributed by atoms with Crippen LogP contribution in [0, 0.1) is 11.8 Å². The number of nitrogens with zero attached hydrogens (tertiary/aromatic N) is 1. The second-order valence-electron chi connectivity index (χ2n) is 10.7. The number of imide groups is 1. The monoisotopic (exact) mass is 649 g/mol. The summed E-state index contributed by atoms with van der Waals surface area (Å²) in [6.45, 7) is -0.573. The van der Waals surface area contributed by atoms with Crippen LogP contribution in [-0.4, -0.2) is 30.2 Å². The molecule has 3 aliphatic carbocycles. The zero-order valence-electron chi connectivity index (χ0n) is 22.0. The molecule has 1 heterocycles. The van der Waals surface area contributed by atoms with E-state index in [2.05, 4.69) is 0 Å². The molecule has 1 saturated heterocycles. The molecule has 1 aliphatic heterocycles. The summed E-state index contributed by atoms with van der Waals surface area (Å²) in [4.78, 5) is 52.4. The van der Waals surface area contributed by atoms with Crippen LogP contribution >= 0.6 is 46.4 Å². The van der Waals surface area contributed by atoms with E-state index in [1.807, 2.05) is 48.5 Å². The standard InChI is InChI=1S/C33H19Cl4NO5/c34-18-12-13-20(25(35)15-18)26(39)16-43-31(42)17-6-5-7-19(14-17)38-29(40)27-28(30(38)41)33(37)22-9-2-1-8-21(22)32(27,36)23-10-3-4-11-24(23)33/h1-15,27-28H,16H2/t27-,28-,32?,33?/m1/s1. The van der Waals surface area contributed by atoms with Crippen molar-refractivity contribution in [2.75, 3.05) is 11.5 Å². The van der Waals surface area contributed by atoms with E-state index in [0.29, 0.717) is 27.3 Å². The van der Waals surface area contributed by atoms with Gasteiger partial charge in [0.2, 0.25) is 17.6 Å². The van der Waals surface area contributed by atoms with Gasteiger partial charge >= 0.3 is 5.97 Å². The molecule has 6 nitrogen and oxygen atoms in total. The lowest BCUT2D eigenvalue weighted by atomic mass is 9.54. The van der Waals surface area contributed by atoms with Crippen molar-refractivity contribution in [3.05, 3.63) is 134 Å². The molecule has 43 heavy (non-hydrogen) atoms. The molecule has 2 bridgehead atoms. The summed E-state index contributed by atoms with van der Waals surface area (Å²) >= 11 is 26.9. The first-order valence-electron chi connectivity index (χ1n) is 13.3. The number of esters is 1. The van der Waals surface area contributed by atoms with E-state index < -0.39 is 51.8 Å². The summed E-state index contributed by atoms with van der Waals surface area (Å²) in [5, 5.41) is 0.498. The Morgan fingerprint density at radius 1 is 0.721 bits per heavy atom. The Morgan fingerprint density at radius 3 is 1.77 bits per heavy atom. The minimum absolute atomic E-state index is 0.0405. The number of hydrogen-bond donors (Lipinski definition) is 0. The lowest BCUT2D eigenvalue weighted by Crippen LogP contribution is -2.57. The number of ether oxygens (including phenoxy) is 1. The number of rotatable bonds is 5. The molecule has 0 unspecified atom stereocenters. The van der Waals surface area contributed by atoms with Gasteiger partial charge in [0, 0.05) is 10.6 Å². The molecule has 0 radical (unpaired) electrons. The predicted molar refractivity (Wildman–Crippen MR) is 163 cm³/mol. The summed E-state index contributed by atoms with van der Waals surface area (Å²) in [6.07, 6.45) is 0. The van der Waals surface area contributed by atoms with Crippen molar-refractivity contribution in [2.24, 2.45) is 11.8 Å². The van der Waals surface area contributed by atoms with Crippen LogP contribution < -0.4 is 4.90 Å². The van der Waals surface area contributed by atoms with E-state index in [-0.39, 0.29) is 21.8 Å². The zero-order chi connectivity index (χ0) is 30.3. The van der Waals surface area contributed by atoms with Crippen molar-refractivity contribution in [2.45, 2.75) is 9.75 Å². The molecule has 214 valence electrons. The topological polar surface area (TPSA) is 80.8 Å². The maximum absolute atomic E-state index is 14.2. The van der Waals surface area contributed by atoms with E-state index in [1.165, 1.54) is 36.4 Å². The molecule has 1 fully saturated rings. The number of alkyl halides is 2. The highest BCUT2D eigenvalue weighted by Crippen LogP contribution is 2.69. The van der Waals surface area contributed by atoms with Crippen molar-refractivity contribution in [1.82, 2.24) is 0 Å². The van der Waals surface area contributed by atoms with Gasteiger partial charge in [-0.25, -0.2) is 9.69 Å². The lowest BCUT2D eigenvalue weighted by Gasteiger charge is -2.54. The Bertz CT molecular complexity index is 1780. The SMILES string of the molecule is O=C(OCC(=O)c1ccc(Cl)cc1Cl)c1cccc(N2C(=O)[C@H]3[C@H](C2=O)C2(Cl)c4ccccc4C3(Cl)c3ccccc32)c1. The van der Waals surface area contributed by atoms with Crippen LogP contribution in [0.25, 0.3) is 0 Å². The number of amides is 2. The first kappa shape index (κ1) is 28.1. The van der Waals surface area contributed by atoms with E-state index >= 15 is 0 Å². The predicted octanol–water partition coefficient (Wildman–Crippen LogP) is 7.13. The van der Waals surface area contributed by atoms with Crippen LogP contribution in [0.4, 0.5) is 5.69 Å². The summed E-state index contributed by atoms with van der Waals surface area (Å²) in [7, 11) is 0. The molecule has 0 spiro atoms. The highest BCUT2D eigenvalue weighted by Gasteiger charge is 2.73. The van der Waals surface area contributed by atoms with Crippen LogP contribution in [0.15, 0.2) is 91.0 Å². The Kier molecular flexibility index (Phi) is 6.49. The molecular formula is C33H19Cl4NO5. The number of hydrogen-bond acceptors (Lipinski definition) is 5. The highest BCUT2D eigenvalue weighted by molar-refractivity contribution is 6.39. The van der Waals surface area contributed by atoms with Crippen molar-refractivity contribution in [1.29, 1.82) is 0 Å². The number of anilines is 1. The summed E-state index contributed by atoms with van der Waals surface area (Å²) in [6, 6.07) is 25.0. The van der Waals surface area contributed by atoms with Crippen LogP contribution in [0.2, 0.25) is 10.0 Å². The maximum Gasteiger partial charge on any atom is 0.338 e. The van der Waals surface area contributed by atoms with Crippen molar-refractivity contribution in [3.8, 4) is 0 Å². The Hall–Kier alpha value is -3.68. The number of Topliss-reactive ketones (excluding diaryl/α,β-unsaturated/α-hetero) is 1.